The molecule has 2 atom stereocenters. The smallest absolute Gasteiger partial charge is 0.271 e. The van der Waals surface area contributed by atoms with Crippen LogP contribution in [0.3, 0.4) is 0 Å². The molecule has 5 rings (SSSR count). The first-order chi connectivity index (χ1) is 17.4. The first kappa shape index (κ1) is 24.3. The Kier molecular flexibility index (Phi) is 6.68. The van der Waals surface area contributed by atoms with Gasteiger partial charge in [0.2, 0.25) is 5.91 Å². The lowest BCUT2D eigenvalue weighted by Crippen LogP contribution is -2.52. The summed E-state index contributed by atoms with van der Waals surface area (Å²) in [5.41, 5.74) is 1.85. The number of benzene rings is 2. The SMILES string of the molecule is CNC(=O)c1cc2n(n1)C(c1ccc(Cl)c(Cl)c1)C(C(=O)N1CCN(c3ccc(F)cc3)CC1)C=N2. The summed E-state index contributed by atoms with van der Waals surface area (Å²) in [6.07, 6.45) is 1.62. The van der Waals surface area contributed by atoms with Gasteiger partial charge in [-0.15, -0.1) is 0 Å². The molecule has 1 fully saturated rings. The number of halogens is 3. The number of rotatable bonds is 4. The molecule has 0 aliphatic carbocycles. The van der Waals surface area contributed by atoms with Crippen LogP contribution in [0.2, 0.25) is 10.0 Å². The molecule has 0 bridgehead atoms. The maximum atomic E-state index is 13.8. The van der Waals surface area contributed by atoms with Gasteiger partial charge >= 0.3 is 0 Å². The number of aliphatic imine (C=N–C) groups is 1. The van der Waals surface area contributed by atoms with Crippen LogP contribution < -0.4 is 10.2 Å². The number of nitrogens with zero attached hydrogens (tertiary/aromatic N) is 5. The zero-order chi connectivity index (χ0) is 25.4. The fourth-order valence-electron chi connectivity index (χ4n) is 4.61. The highest BCUT2D eigenvalue weighted by atomic mass is 35.5. The summed E-state index contributed by atoms with van der Waals surface area (Å²) in [6.45, 7) is 2.24. The van der Waals surface area contributed by atoms with Gasteiger partial charge < -0.3 is 15.1 Å². The number of fused-ring (bicyclic) bond motifs is 1. The van der Waals surface area contributed by atoms with Gasteiger partial charge in [-0.05, 0) is 42.0 Å². The zero-order valence-corrected chi connectivity index (χ0v) is 20.9. The summed E-state index contributed by atoms with van der Waals surface area (Å²) in [4.78, 5) is 34.4. The van der Waals surface area contributed by atoms with Gasteiger partial charge in [-0.25, -0.2) is 14.1 Å². The number of amides is 2. The van der Waals surface area contributed by atoms with Crippen molar-refractivity contribution in [2.45, 2.75) is 6.04 Å². The number of aromatic nitrogens is 2. The number of carbonyl (C=O) groups excluding carboxylic acids is 2. The molecular weight excluding hydrogens is 506 g/mol. The molecule has 2 aliphatic rings. The van der Waals surface area contributed by atoms with Crippen molar-refractivity contribution in [1.82, 2.24) is 20.0 Å². The van der Waals surface area contributed by atoms with E-state index in [2.05, 4.69) is 20.3 Å². The highest BCUT2D eigenvalue weighted by molar-refractivity contribution is 6.42. The van der Waals surface area contributed by atoms with Crippen LogP contribution in [0.15, 0.2) is 53.5 Å². The highest BCUT2D eigenvalue weighted by Crippen LogP contribution is 2.37. The number of piperazine rings is 1. The highest BCUT2D eigenvalue weighted by Gasteiger charge is 2.38. The minimum atomic E-state index is -0.662. The number of hydrogen-bond donors (Lipinski definition) is 1. The molecule has 186 valence electrons. The predicted molar refractivity (Wildman–Crippen MR) is 137 cm³/mol. The van der Waals surface area contributed by atoms with Crippen LogP contribution in [-0.2, 0) is 4.79 Å². The summed E-state index contributed by atoms with van der Waals surface area (Å²) < 4.78 is 14.9. The molecule has 0 radical (unpaired) electrons. The standard InChI is InChI=1S/C25H23Cl2FN6O2/c1-29-24(35)21-13-22-30-14-18(23(34(22)31-21)15-2-7-19(26)20(27)12-15)25(36)33-10-8-32(9-11-33)17-5-3-16(28)4-6-17/h2-7,12-14,18,23H,8-11H2,1H3,(H,29,35). The maximum absolute atomic E-state index is 13.8. The number of carbonyl (C=O) groups is 2. The Labute approximate surface area is 217 Å². The molecule has 2 amide bonds. The lowest BCUT2D eigenvalue weighted by atomic mass is 9.91. The van der Waals surface area contributed by atoms with E-state index in [0.717, 1.165) is 11.3 Å². The van der Waals surface area contributed by atoms with Gasteiger partial charge in [0.05, 0.1) is 16.1 Å². The van der Waals surface area contributed by atoms with Gasteiger partial charge in [0, 0.05) is 51.2 Å². The van der Waals surface area contributed by atoms with Crippen LogP contribution in [-0.4, -0.2) is 65.9 Å². The quantitative estimate of drug-likeness (QED) is 0.555. The second-order valence-electron chi connectivity index (χ2n) is 8.62. The van der Waals surface area contributed by atoms with Crippen molar-refractivity contribution >= 4 is 52.7 Å². The van der Waals surface area contributed by atoms with E-state index in [9.17, 15) is 14.0 Å². The Morgan fingerprint density at radius 2 is 1.72 bits per heavy atom. The fraction of sp³-hybridized carbons (Fsp3) is 0.280. The average Bonchev–Trinajstić information content (AvgIpc) is 3.34. The van der Waals surface area contributed by atoms with E-state index in [1.54, 1.807) is 52.2 Å². The molecule has 2 aliphatic heterocycles. The number of hydrogen-bond acceptors (Lipinski definition) is 5. The summed E-state index contributed by atoms with van der Waals surface area (Å²) in [6, 6.07) is 12.6. The van der Waals surface area contributed by atoms with Crippen LogP contribution >= 0.6 is 23.2 Å². The Morgan fingerprint density at radius 1 is 1.00 bits per heavy atom. The Bertz CT molecular complexity index is 1330. The molecule has 1 aromatic heterocycles. The molecule has 3 heterocycles. The molecule has 0 saturated carbocycles. The molecule has 2 aromatic carbocycles. The Hall–Kier alpha value is -3.43. The van der Waals surface area contributed by atoms with E-state index in [4.69, 9.17) is 23.2 Å². The third-order valence-corrected chi connectivity index (χ3v) is 7.24. The second-order valence-corrected chi connectivity index (χ2v) is 9.44. The van der Waals surface area contributed by atoms with Crippen molar-refractivity contribution in [1.29, 1.82) is 0 Å². The van der Waals surface area contributed by atoms with Gasteiger partial charge in [-0.1, -0.05) is 29.3 Å². The third-order valence-electron chi connectivity index (χ3n) is 6.50. The van der Waals surface area contributed by atoms with Crippen LogP contribution in [0.1, 0.15) is 22.1 Å². The van der Waals surface area contributed by atoms with Crippen molar-refractivity contribution < 1.29 is 14.0 Å². The number of anilines is 1. The molecule has 2 unspecified atom stereocenters. The van der Waals surface area contributed by atoms with Gasteiger partial charge in [-0.2, -0.15) is 5.10 Å². The zero-order valence-electron chi connectivity index (χ0n) is 19.4. The molecule has 11 heteroatoms. The van der Waals surface area contributed by atoms with Gasteiger partial charge in [0.25, 0.3) is 5.91 Å². The van der Waals surface area contributed by atoms with Gasteiger partial charge in [-0.3, -0.25) is 9.59 Å². The Balaban J connectivity index is 1.42. The van der Waals surface area contributed by atoms with Gasteiger partial charge in [0.1, 0.15) is 11.7 Å². The van der Waals surface area contributed by atoms with Crippen molar-refractivity contribution in [3.05, 3.63) is 75.7 Å². The van der Waals surface area contributed by atoms with Crippen molar-refractivity contribution in [2.75, 3.05) is 38.1 Å². The molecule has 1 saturated heterocycles. The van der Waals surface area contributed by atoms with Crippen molar-refractivity contribution in [2.24, 2.45) is 10.9 Å². The van der Waals surface area contributed by atoms with Crippen LogP contribution in [0.4, 0.5) is 15.9 Å². The van der Waals surface area contributed by atoms with E-state index < -0.39 is 12.0 Å². The first-order valence-electron chi connectivity index (χ1n) is 11.5. The van der Waals surface area contributed by atoms with Crippen molar-refractivity contribution in [3.8, 4) is 0 Å². The van der Waals surface area contributed by atoms with E-state index in [1.807, 2.05) is 0 Å². The first-order valence-corrected chi connectivity index (χ1v) is 12.2. The van der Waals surface area contributed by atoms with Crippen molar-refractivity contribution in [3.63, 3.8) is 0 Å². The lowest BCUT2D eigenvalue weighted by molar-refractivity contribution is -0.134. The molecule has 0 spiro atoms. The largest absolute Gasteiger partial charge is 0.368 e. The Morgan fingerprint density at radius 3 is 2.39 bits per heavy atom. The molecule has 3 aromatic rings. The maximum Gasteiger partial charge on any atom is 0.271 e. The van der Waals surface area contributed by atoms with E-state index in [-0.39, 0.29) is 23.3 Å². The molecule has 1 N–H and O–H groups in total. The lowest BCUT2D eigenvalue weighted by Gasteiger charge is -2.39. The van der Waals surface area contributed by atoms with Crippen LogP contribution in [0, 0.1) is 11.7 Å². The van der Waals surface area contributed by atoms with E-state index in [1.165, 1.54) is 19.2 Å². The minimum Gasteiger partial charge on any atom is -0.368 e. The second kappa shape index (κ2) is 9.91. The third kappa shape index (κ3) is 4.56. The summed E-state index contributed by atoms with van der Waals surface area (Å²) in [5, 5.41) is 7.79. The monoisotopic (exact) mass is 528 g/mol. The molecule has 8 nitrogen and oxygen atoms in total. The van der Waals surface area contributed by atoms with E-state index in [0.29, 0.717) is 42.0 Å². The predicted octanol–water partition coefficient (Wildman–Crippen LogP) is 3.96. The normalized spacial score (nSPS) is 19.2. The summed E-state index contributed by atoms with van der Waals surface area (Å²) >= 11 is 12.5. The average molecular weight is 529 g/mol. The number of nitrogens with one attached hydrogen (secondary N) is 1. The van der Waals surface area contributed by atoms with E-state index >= 15 is 0 Å². The minimum absolute atomic E-state index is 0.101. The van der Waals surface area contributed by atoms with Gasteiger partial charge in [0.15, 0.2) is 11.5 Å². The fourth-order valence-corrected chi connectivity index (χ4v) is 4.91. The summed E-state index contributed by atoms with van der Waals surface area (Å²) in [7, 11) is 1.53. The topological polar surface area (TPSA) is 82.8 Å². The summed E-state index contributed by atoms with van der Waals surface area (Å²) in [5.74, 6) is -0.925. The van der Waals surface area contributed by atoms with Crippen LogP contribution in [0.5, 0.6) is 0 Å². The molecule has 36 heavy (non-hydrogen) atoms. The molecular formula is C25H23Cl2FN6O2. The van der Waals surface area contributed by atoms with Crippen LogP contribution in [0.25, 0.3) is 0 Å².